The highest BCUT2D eigenvalue weighted by atomic mass is 16.6. The number of nitrogens with one attached hydrogen (secondary N) is 1. The van der Waals surface area contributed by atoms with Gasteiger partial charge in [-0.25, -0.2) is 14.1 Å². The number of amides is 1. The topological polar surface area (TPSA) is 92.9 Å². The quantitative estimate of drug-likeness (QED) is 0.874. The van der Waals surface area contributed by atoms with Gasteiger partial charge in [0.15, 0.2) is 0 Å². The normalized spacial score (nSPS) is 16.5. The molecule has 2 heterocycles. The van der Waals surface area contributed by atoms with Crippen LogP contribution in [0, 0.1) is 6.92 Å². The minimum Gasteiger partial charge on any atom is -0.478 e. The molecule has 0 aliphatic heterocycles. The third-order valence-electron chi connectivity index (χ3n) is 4.65. The summed E-state index contributed by atoms with van der Waals surface area (Å²) in [6.07, 6.45) is 3.98. The van der Waals surface area contributed by atoms with Gasteiger partial charge in [-0.3, -0.25) is 0 Å². The Bertz CT molecular complexity index is 864. The Morgan fingerprint density at radius 3 is 2.81 bits per heavy atom. The molecule has 0 aromatic carbocycles. The van der Waals surface area contributed by atoms with E-state index in [0.717, 1.165) is 24.8 Å². The van der Waals surface area contributed by atoms with Gasteiger partial charge >= 0.3 is 12.1 Å². The number of ether oxygens (including phenoxy) is 1. The molecule has 0 saturated carbocycles. The molecule has 0 bridgehead atoms. The number of rotatable bonds is 4. The van der Waals surface area contributed by atoms with Crippen molar-refractivity contribution in [3.8, 4) is 0 Å². The average molecular weight is 359 g/mol. The van der Waals surface area contributed by atoms with E-state index >= 15 is 0 Å². The molecule has 2 aromatic heterocycles. The van der Waals surface area contributed by atoms with E-state index in [-0.39, 0.29) is 11.5 Å². The minimum absolute atomic E-state index is 0.192. The molecule has 0 unspecified atom stereocenters. The number of alkyl carbamates (subject to hydrolysis) is 1. The number of carbonyl (C=O) groups excluding carboxylic acids is 1. The molecule has 1 atom stereocenters. The number of hydrogen-bond acceptors (Lipinski definition) is 4. The molecule has 1 amide bonds. The molecular formula is C19H25N3O4. The second-order valence-corrected chi connectivity index (χ2v) is 7.77. The van der Waals surface area contributed by atoms with Crippen molar-refractivity contribution in [2.45, 2.75) is 58.5 Å². The molecule has 0 fully saturated rings. The molecule has 0 spiro atoms. The van der Waals surface area contributed by atoms with Crippen molar-refractivity contribution in [1.29, 1.82) is 0 Å². The van der Waals surface area contributed by atoms with Crippen LogP contribution < -0.4 is 5.32 Å². The van der Waals surface area contributed by atoms with Crippen LogP contribution in [0.15, 0.2) is 12.3 Å². The van der Waals surface area contributed by atoms with Crippen LogP contribution in [0.25, 0.3) is 5.52 Å². The maximum Gasteiger partial charge on any atom is 0.407 e. The summed E-state index contributed by atoms with van der Waals surface area (Å²) in [7, 11) is 0. The SMILES string of the molecule is Cc1nn2ccc3c(c2c1C(=O)O)[C@H](CCNC(=O)OC(C)(C)C)CC3. The zero-order chi connectivity index (χ0) is 19.1. The first-order valence-electron chi connectivity index (χ1n) is 8.88. The number of aromatic carboxylic acids is 1. The summed E-state index contributed by atoms with van der Waals surface area (Å²) in [5.41, 5.74) is 3.17. The van der Waals surface area contributed by atoms with Crippen LogP contribution in [0.2, 0.25) is 0 Å². The largest absolute Gasteiger partial charge is 0.478 e. The molecule has 0 radical (unpaired) electrons. The first-order valence-corrected chi connectivity index (χ1v) is 8.88. The first-order chi connectivity index (χ1) is 12.2. The van der Waals surface area contributed by atoms with Crippen molar-refractivity contribution in [2.75, 3.05) is 6.54 Å². The Kier molecular flexibility index (Phi) is 4.64. The van der Waals surface area contributed by atoms with Crippen molar-refractivity contribution >= 4 is 17.6 Å². The van der Waals surface area contributed by atoms with Gasteiger partial charge in [-0.15, -0.1) is 0 Å². The molecule has 7 heteroatoms. The lowest BCUT2D eigenvalue weighted by Gasteiger charge is -2.20. The van der Waals surface area contributed by atoms with E-state index in [1.54, 1.807) is 11.4 Å². The van der Waals surface area contributed by atoms with E-state index in [1.807, 2.05) is 33.0 Å². The van der Waals surface area contributed by atoms with Gasteiger partial charge in [0.25, 0.3) is 0 Å². The molecule has 1 aliphatic rings. The molecule has 140 valence electrons. The lowest BCUT2D eigenvalue weighted by atomic mass is 9.95. The third kappa shape index (κ3) is 3.52. The smallest absolute Gasteiger partial charge is 0.407 e. The maximum absolute atomic E-state index is 11.8. The van der Waals surface area contributed by atoms with Gasteiger partial charge in [0.1, 0.15) is 11.2 Å². The van der Waals surface area contributed by atoms with Gasteiger partial charge in [-0.05, 0) is 70.1 Å². The Hall–Kier alpha value is -2.57. The summed E-state index contributed by atoms with van der Waals surface area (Å²) < 4.78 is 6.92. The second kappa shape index (κ2) is 6.63. The molecule has 1 aliphatic carbocycles. The van der Waals surface area contributed by atoms with Crippen molar-refractivity contribution in [3.05, 3.63) is 34.6 Å². The summed E-state index contributed by atoms with van der Waals surface area (Å²) in [6.45, 7) is 7.68. The first kappa shape index (κ1) is 18.2. The van der Waals surface area contributed by atoms with E-state index in [2.05, 4.69) is 10.4 Å². The van der Waals surface area contributed by atoms with Gasteiger partial charge in [-0.2, -0.15) is 5.10 Å². The Labute approximate surface area is 152 Å². The number of hydrogen-bond donors (Lipinski definition) is 2. The van der Waals surface area contributed by atoms with Gasteiger partial charge < -0.3 is 15.2 Å². The number of carbonyl (C=O) groups is 2. The third-order valence-corrected chi connectivity index (χ3v) is 4.65. The van der Waals surface area contributed by atoms with Crippen LogP contribution >= 0.6 is 0 Å². The predicted octanol–water partition coefficient (Wildman–Crippen LogP) is 3.29. The van der Waals surface area contributed by atoms with Gasteiger partial charge in [0.2, 0.25) is 0 Å². The highest BCUT2D eigenvalue weighted by molar-refractivity contribution is 5.98. The van der Waals surface area contributed by atoms with Crippen molar-refractivity contribution in [2.24, 2.45) is 0 Å². The van der Waals surface area contributed by atoms with Crippen molar-refractivity contribution < 1.29 is 19.4 Å². The van der Waals surface area contributed by atoms with E-state index in [4.69, 9.17) is 4.74 Å². The van der Waals surface area contributed by atoms with Gasteiger partial charge in [0, 0.05) is 12.7 Å². The second-order valence-electron chi connectivity index (χ2n) is 7.77. The molecule has 2 aromatic rings. The van der Waals surface area contributed by atoms with Crippen molar-refractivity contribution in [1.82, 2.24) is 14.9 Å². The Balaban J connectivity index is 1.80. The standard InChI is InChI=1S/C19H25N3O4/c1-11-14(17(23)24)16-15-12(5-6-13(15)8-10-22(16)21-11)7-9-20-18(25)26-19(2,3)4/h8,10,12H,5-7,9H2,1-4H3,(H,20,25)(H,23,24)/t12-/m0/s1. The van der Waals surface area contributed by atoms with Crippen LogP contribution in [-0.4, -0.2) is 38.9 Å². The maximum atomic E-state index is 11.8. The highest BCUT2D eigenvalue weighted by Gasteiger charge is 2.29. The summed E-state index contributed by atoms with van der Waals surface area (Å²) >= 11 is 0. The predicted molar refractivity (Wildman–Crippen MR) is 96.8 cm³/mol. The van der Waals surface area contributed by atoms with Crippen LogP contribution in [0.5, 0.6) is 0 Å². The zero-order valence-electron chi connectivity index (χ0n) is 15.6. The highest BCUT2D eigenvalue weighted by Crippen LogP contribution is 2.39. The molecule has 0 saturated heterocycles. The van der Waals surface area contributed by atoms with Crippen molar-refractivity contribution in [3.63, 3.8) is 0 Å². The number of aromatic nitrogens is 2. The van der Waals surface area contributed by atoms with E-state index in [0.29, 0.717) is 17.8 Å². The number of carboxylic acid groups (broad SMARTS) is 1. The lowest BCUT2D eigenvalue weighted by molar-refractivity contribution is 0.0525. The minimum atomic E-state index is -0.955. The Morgan fingerprint density at radius 2 is 2.15 bits per heavy atom. The number of carboxylic acids is 1. The monoisotopic (exact) mass is 359 g/mol. The number of nitrogens with zero attached hydrogens (tertiary/aromatic N) is 2. The Morgan fingerprint density at radius 1 is 1.42 bits per heavy atom. The van der Waals surface area contributed by atoms with E-state index in [9.17, 15) is 14.7 Å². The summed E-state index contributed by atoms with van der Waals surface area (Å²) in [4.78, 5) is 23.5. The number of fused-ring (bicyclic) bond motifs is 3. The van der Waals surface area contributed by atoms with Crippen LogP contribution in [0.1, 0.15) is 66.7 Å². The summed E-state index contributed by atoms with van der Waals surface area (Å²) in [6, 6.07) is 2.02. The molecular weight excluding hydrogens is 334 g/mol. The summed E-state index contributed by atoms with van der Waals surface area (Å²) in [5.74, 6) is -0.763. The molecule has 7 nitrogen and oxygen atoms in total. The molecule has 3 rings (SSSR count). The fraction of sp³-hybridized carbons (Fsp3) is 0.526. The fourth-order valence-corrected chi connectivity index (χ4v) is 3.67. The lowest BCUT2D eigenvalue weighted by Crippen LogP contribution is -2.33. The fourth-order valence-electron chi connectivity index (χ4n) is 3.67. The molecule has 26 heavy (non-hydrogen) atoms. The van der Waals surface area contributed by atoms with Crippen LogP contribution in [-0.2, 0) is 11.2 Å². The van der Waals surface area contributed by atoms with E-state index in [1.165, 1.54) is 5.56 Å². The number of pyridine rings is 1. The molecule has 2 N–H and O–H groups in total. The van der Waals surface area contributed by atoms with Crippen LogP contribution in [0.3, 0.4) is 0 Å². The van der Waals surface area contributed by atoms with Gasteiger partial charge in [-0.1, -0.05) is 0 Å². The summed E-state index contributed by atoms with van der Waals surface area (Å²) in [5, 5.41) is 16.7. The number of aryl methyl sites for hydroxylation is 2. The zero-order valence-corrected chi connectivity index (χ0v) is 15.6. The average Bonchev–Trinajstić information content (AvgIpc) is 3.05. The van der Waals surface area contributed by atoms with Gasteiger partial charge in [0.05, 0.1) is 11.2 Å². The van der Waals surface area contributed by atoms with Crippen LogP contribution in [0.4, 0.5) is 4.79 Å². The van der Waals surface area contributed by atoms with E-state index < -0.39 is 17.7 Å².